The number of alkyl halides is 1. The molecule has 0 N–H and O–H groups in total. The van der Waals surface area contributed by atoms with Gasteiger partial charge in [-0.15, -0.1) is 11.3 Å². The molecule has 15 heavy (non-hydrogen) atoms. The van der Waals surface area contributed by atoms with E-state index in [1.165, 1.54) is 18.4 Å². The van der Waals surface area contributed by atoms with Gasteiger partial charge in [0.1, 0.15) is 0 Å². The van der Waals surface area contributed by atoms with Crippen molar-refractivity contribution in [3.8, 4) is 0 Å². The van der Waals surface area contributed by atoms with Crippen LogP contribution in [-0.4, -0.2) is 23.7 Å². The van der Waals surface area contributed by atoms with Gasteiger partial charge in [0.2, 0.25) is 0 Å². The second kappa shape index (κ2) is 6.02. The molecule has 1 aromatic rings. The minimum Gasteiger partial charge on any atom is -0.469 e. The molecule has 1 aromatic heterocycles. The molecule has 0 saturated carbocycles. The Morgan fingerprint density at radius 2 is 2.33 bits per heavy atom. The summed E-state index contributed by atoms with van der Waals surface area (Å²) in [5, 5.41) is 1.85. The van der Waals surface area contributed by atoms with E-state index in [4.69, 9.17) is 0 Å². The summed E-state index contributed by atoms with van der Waals surface area (Å²) in [5.74, 6) is -0.271. The molecule has 0 spiro atoms. The molecule has 0 aromatic carbocycles. The van der Waals surface area contributed by atoms with Crippen LogP contribution >= 0.6 is 27.3 Å². The van der Waals surface area contributed by atoms with Gasteiger partial charge >= 0.3 is 5.97 Å². The molecular weight excluding hydrogens is 280 g/mol. The van der Waals surface area contributed by atoms with Gasteiger partial charge in [-0.2, -0.15) is 0 Å². The molecular formula is C10H11BrO3S. The predicted octanol–water partition coefficient (Wildman–Crippen LogP) is 2.65. The molecule has 0 unspecified atom stereocenters. The molecule has 3 nitrogen and oxygen atoms in total. The lowest BCUT2D eigenvalue weighted by Crippen LogP contribution is -2.15. The lowest BCUT2D eigenvalue weighted by atomic mass is 10.1. The van der Waals surface area contributed by atoms with Crippen molar-refractivity contribution in [3.63, 3.8) is 0 Å². The molecule has 5 heteroatoms. The summed E-state index contributed by atoms with van der Waals surface area (Å²) in [4.78, 5) is 23.0. The van der Waals surface area contributed by atoms with Gasteiger partial charge in [0.05, 0.1) is 16.8 Å². The van der Waals surface area contributed by atoms with Gasteiger partial charge in [0, 0.05) is 6.42 Å². The highest BCUT2D eigenvalue weighted by molar-refractivity contribution is 9.10. The average molecular weight is 291 g/mol. The van der Waals surface area contributed by atoms with Gasteiger partial charge in [-0.25, -0.2) is 0 Å². The van der Waals surface area contributed by atoms with Crippen molar-refractivity contribution in [1.82, 2.24) is 0 Å². The summed E-state index contributed by atoms with van der Waals surface area (Å²) in [5.41, 5.74) is 0. The van der Waals surface area contributed by atoms with Crippen molar-refractivity contribution in [2.75, 3.05) is 7.11 Å². The van der Waals surface area contributed by atoms with Gasteiger partial charge in [0.15, 0.2) is 5.78 Å². The van der Waals surface area contributed by atoms with Gasteiger partial charge in [0.25, 0.3) is 0 Å². The van der Waals surface area contributed by atoms with Gasteiger partial charge in [-0.3, -0.25) is 9.59 Å². The van der Waals surface area contributed by atoms with Crippen molar-refractivity contribution in [2.24, 2.45) is 0 Å². The van der Waals surface area contributed by atoms with Crippen LogP contribution in [0.25, 0.3) is 0 Å². The monoisotopic (exact) mass is 290 g/mol. The van der Waals surface area contributed by atoms with Crippen LogP contribution in [0.1, 0.15) is 22.5 Å². The third-order valence-electron chi connectivity index (χ3n) is 1.88. The summed E-state index contributed by atoms with van der Waals surface area (Å²) in [6.07, 6.45) is 0.715. The summed E-state index contributed by atoms with van der Waals surface area (Å²) >= 11 is 4.68. The number of thiophene rings is 1. The normalized spacial score (nSPS) is 12.1. The SMILES string of the molecule is COC(=O)CC[C@H](Br)C(=O)c1cccs1. The largest absolute Gasteiger partial charge is 0.469 e. The van der Waals surface area contributed by atoms with E-state index >= 15 is 0 Å². The highest BCUT2D eigenvalue weighted by Gasteiger charge is 2.18. The zero-order chi connectivity index (χ0) is 11.3. The predicted molar refractivity (Wildman–Crippen MR) is 62.6 cm³/mol. The van der Waals surface area contributed by atoms with Crippen LogP contribution in [0, 0.1) is 0 Å². The third-order valence-corrected chi connectivity index (χ3v) is 3.64. The van der Waals surface area contributed by atoms with Crippen molar-refractivity contribution < 1.29 is 14.3 Å². The summed E-state index contributed by atoms with van der Waals surface area (Å²) < 4.78 is 4.50. The Morgan fingerprint density at radius 1 is 1.60 bits per heavy atom. The van der Waals surface area contributed by atoms with Crippen LogP contribution in [0.4, 0.5) is 0 Å². The highest BCUT2D eigenvalue weighted by atomic mass is 79.9. The molecule has 1 rings (SSSR count). The Kier molecular flexibility index (Phi) is 4.98. The second-order valence-electron chi connectivity index (χ2n) is 2.92. The van der Waals surface area contributed by atoms with Crippen molar-refractivity contribution >= 4 is 39.0 Å². The first-order chi connectivity index (χ1) is 7.15. The van der Waals surface area contributed by atoms with E-state index in [0.29, 0.717) is 11.3 Å². The maximum Gasteiger partial charge on any atom is 0.305 e. The fraction of sp³-hybridized carbons (Fsp3) is 0.400. The second-order valence-corrected chi connectivity index (χ2v) is 4.98. The van der Waals surface area contributed by atoms with Crippen LogP contribution in [0.3, 0.4) is 0 Å². The van der Waals surface area contributed by atoms with E-state index in [1.807, 2.05) is 11.4 Å². The number of carbonyl (C=O) groups excluding carboxylic acids is 2. The standard InChI is InChI=1S/C10H11BrO3S/c1-14-9(12)5-4-7(11)10(13)8-3-2-6-15-8/h2-3,6-7H,4-5H2,1H3/t7-/m0/s1. The molecule has 0 saturated heterocycles. The summed E-state index contributed by atoms with van der Waals surface area (Å²) in [7, 11) is 1.34. The number of carbonyl (C=O) groups is 2. The topological polar surface area (TPSA) is 43.4 Å². The van der Waals surface area contributed by atoms with Crippen LogP contribution in [-0.2, 0) is 9.53 Å². The fourth-order valence-electron chi connectivity index (χ4n) is 1.05. The van der Waals surface area contributed by atoms with E-state index in [-0.39, 0.29) is 23.0 Å². The first-order valence-electron chi connectivity index (χ1n) is 4.43. The van der Waals surface area contributed by atoms with Crippen LogP contribution < -0.4 is 0 Å². The molecule has 0 aliphatic rings. The molecule has 82 valence electrons. The number of hydrogen-bond donors (Lipinski definition) is 0. The summed E-state index contributed by atoms with van der Waals surface area (Å²) in [6, 6.07) is 3.61. The Bertz CT molecular complexity index is 334. The minimum atomic E-state index is -0.310. The zero-order valence-corrected chi connectivity index (χ0v) is 10.6. The van der Waals surface area contributed by atoms with E-state index in [0.717, 1.165) is 0 Å². The quantitative estimate of drug-likeness (QED) is 0.476. The third kappa shape index (κ3) is 3.76. The Morgan fingerprint density at radius 3 is 2.87 bits per heavy atom. The smallest absolute Gasteiger partial charge is 0.305 e. The number of halogens is 1. The molecule has 0 bridgehead atoms. The fourth-order valence-corrected chi connectivity index (χ4v) is 2.40. The van der Waals surface area contributed by atoms with Crippen LogP contribution in [0.5, 0.6) is 0 Å². The van der Waals surface area contributed by atoms with Crippen LogP contribution in [0.15, 0.2) is 17.5 Å². The number of esters is 1. The molecule has 0 amide bonds. The van der Waals surface area contributed by atoms with E-state index in [9.17, 15) is 9.59 Å². The first kappa shape index (κ1) is 12.4. The van der Waals surface area contributed by atoms with Crippen molar-refractivity contribution in [3.05, 3.63) is 22.4 Å². The molecule has 1 atom stereocenters. The average Bonchev–Trinajstić information content (AvgIpc) is 2.77. The Balaban J connectivity index is 2.44. The van der Waals surface area contributed by atoms with Crippen molar-refractivity contribution in [1.29, 1.82) is 0 Å². The Labute approximate surface area is 101 Å². The lowest BCUT2D eigenvalue weighted by molar-refractivity contribution is -0.140. The van der Waals surface area contributed by atoms with Crippen LogP contribution in [0.2, 0.25) is 0 Å². The first-order valence-corrected chi connectivity index (χ1v) is 6.23. The zero-order valence-electron chi connectivity index (χ0n) is 8.23. The van der Waals surface area contributed by atoms with E-state index in [2.05, 4.69) is 20.7 Å². The van der Waals surface area contributed by atoms with E-state index in [1.54, 1.807) is 6.07 Å². The lowest BCUT2D eigenvalue weighted by Gasteiger charge is -2.05. The van der Waals surface area contributed by atoms with Gasteiger partial charge < -0.3 is 4.74 Å². The Hall–Kier alpha value is -0.680. The molecule has 0 aliphatic carbocycles. The maximum atomic E-state index is 11.7. The number of hydrogen-bond acceptors (Lipinski definition) is 4. The number of ketones is 1. The molecule has 0 radical (unpaired) electrons. The molecule has 1 heterocycles. The number of methoxy groups -OCH3 is 1. The minimum absolute atomic E-state index is 0.0221. The summed E-state index contributed by atoms with van der Waals surface area (Å²) in [6.45, 7) is 0. The number of rotatable bonds is 5. The maximum absolute atomic E-state index is 11.7. The highest BCUT2D eigenvalue weighted by Crippen LogP contribution is 2.18. The number of ether oxygens (including phenoxy) is 1. The van der Waals surface area contributed by atoms with Crippen molar-refractivity contribution in [2.45, 2.75) is 17.7 Å². The molecule has 0 fully saturated rings. The van der Waals surface area contributed by atoms with Gasteiger partial charge in [-0.05, 0) is 17.9 Å². The molecule has 0 aliphatic heterocycles. The van der Waals surface area contributed by atoms with Gasteiger partial charge in [-0.1, -0.05) is 22.0 Å². The van der Waals surface area contributed by atoms with E-state index < -0.39 is 0 Å². The number of Topliss-reactive ketones (excluding diaryl/α,β-unsaturated/α-hetero) is 1.